The number of carbonyl (C=O) groups excluding carboxylic acids is 2. The van der Waals surface area contributed by atoms with Crippen LogP contribution in [0.25, 0.3) is 22.2 Å². The number of ether oxygens (including phenoxy) is 1. The fourth-order valence-electron chi connectivity index (χ4n) is 2.77. The number of hydrogen-bond acceptors (Lipinski definition) is 6. The zero-order valence-electron chi connectivity index (χ0n) is 14.9. The third-order valence-electron chi connectivity index (χ3n) is 3.88. The summed E-state index contributed by atoms with van der Waals surface area (Å²) in [6, 6.07) is 9.59. The smallest absolute Gasteiger partial charge is 0.360 e. The quantitative estimate of drug-likeness (QED) is 0.709. The molecule has 3 rings (SSSR count). The summed E-state index contributed by atoms with van der Waals surface area (Å²) in [6.07, 6.45) is 0. The molecule has 3 aromatic rings. The fourth-order valence-corrected chi connectivity index (χ4v) is 2.77. The normalized spacial score (nSPS) is 10.6. The van der Waals surface area contributed by atoms with Gasteiger partial charge in [-0.3, -0.25) is 14.4 Å². The maximum Gasteiger partial charge on any atom is 0.360 e. The van der Waals surface area contributed by atoms with Crippen molar-refractivity contribution in [3.8, 4) is 17.1 Å². The Morgan fingerprint density at radius 1 is 1.07 bits per heavy atom. The first kappa shape index (κ1) is 18.1. The van der Waals surface area contributed by atoms with E-state index in [9.17, 15) is 19.2 Å². The first-order valence-corrected chi connectivity index (χ1v) is 8.02. The first-order valence-electron chi connectivity index (χ1n) is 8.02. The van der Waals surface area contributed by atoms with Crippen LogP contribution >= 0.6 is 0 Å². The number of benzene rings is 1. The minimum atomic E-state index is -0.827. The van der Waals surface area contributed by atoms with Gasteiger partial charge in [-0.15, -0.1) is 0 Å². The van der Waals surface area contributed by atoms with E-state index in [1.54, 1.807) is 31.3 Å². The van der Waals surface area contributed by atoms with E-state index in [2.05, 4.69) is 5.32 Å². The molecule has 0 bridgehead atoms. The van der Waals surface area contributed by atoms with Crippen molar-refractivity contribution in [1.82, 2.24) is 4.57 Å². The van der Waals surface area contributed by atoms with E-state index in [1.165, 1.54) is 30.5 Å². The number of rotatable bonds is 3. The highest BCUT2D eigenvalue weighted by Gasteiger charge is 2.22. The number of aryl methyl sites for hydroxylation is 1. The second-order valence-electron chi connectivity index (χ2n) is 5.86. The van der Waals surface area contributed by atoms with Crippen LogP contribution in [-0.4, -0.2) is 16.4 Å². The van der Waals surface area contributed by atoms with Crippen LogP contribution in [0, 0.1) is 0 Å². The number of nitrogens with one attached hydrogen (secondary N) is 1. The van der Waals surface area contributed by atoms with Gasteiger partial charge in [0, 0.05) is 26.3 Å². The minimum Gasteiger partial charge on any atom is -0.425 e. The lowest BCUT2D eigenvalue weighted by molar-refractivity contribution is -0.131. The van der Waals surface area contributed by atoms with E-state index in [4.69, 9.17) is 9.15 Å². The van der Waals surface area contributed by atoms with Gasteiger partial charge in [0.15, 0.2) is 5.75 Å². The minimum absolute atomic E-state index is 0.0108. The maximum absolute atomic E-state index is 12.9. The van der Waals surface area contributed by atoms with E-state index in [0.29, 0.717) is 10.9 Å². The summed E-state index contributed by atoms with van der Waals surface area (Å²) < 4.78 is 11.9. The summed E-state index contributed by atoms with van der Waals surface area (Å²) in [5.74, 6) is -1.11. The third kappa shape index (κ3) is 3.37. The number of hydrogen-bond donors (Lipinski definition) is 1. The van der Waals surface area contributed by atoms with Gasteiger partial charge in [0.1, 0.15) is 17.0 Å². The van der Waals surface area contributed by atoms with Gasteiger partial charge in [-0.1, -0.05) is 12.1 Å². The molecule has 0 aliphatic heterocycles. The number of fused-ring (bicyclic) bond motifs is 1. The van der Waals surface area contributed by atoms with Gasteiger partial charge in [-0.05, 0) is 24.3 Å². The summed E-state index contributed by atoms with van der Waals surface area (Å²) in [4.78, 5) is 47.8. The summed E-state index contributed by atoms with van der Waals surface area (Å²) >= 11 is 0. The predicted molar refractivity (Wildman–Crippen MR) is 98.8 cm³/mol. The molecule has 138 valence electrons. The van der Waals surface area contributed by atoms with Crippen LogP contribution in [0.3, 0.4) is 0 Å². The van der Waals surface area contributed by atoms with Crippen LogP contribution < -0.4 is 21.2 Å². The van der Waals surface area contributed by atoms with E-state index in [-0.39, 0.29) is 22.8 Å². The molecule has 0 saturated heterocycles. The van der Waals surface area contributed by atoms with Crippen LogP contribution in [0.5, 0.6) is 5.75 Å². The maximum atomic E-state index is 12.9. The molecular formula is C19H16N2O6. The van der Waals surface area contributed by atoms with Crippen molar-refractivity contribution in [3.05, 3.63) is 57.2 Å². The predicted octanol–water partition coefficient (Wildman–Crippen LogP) is 2.04. The number of nitrogens with zero attached hydrogens (tertiary/aromatic N) is 1. The van der Waals surface area contributed by atoms with Gasteiger partial charge in [-0.2, -0.15) is 0 Å². The average molecular weight is 368 g/mol. The van der Waals surface area contributed by atoms with Crippen molar-refractivity contribution >= 4 is 28.5 Å². The molecule has 2 heterocycles. The Hall–Kier alpha value is -3.68. The second kappa shape index (κ2) is 6.91. The van der Waals surface area contributed by atoms with E-state index in [1.807, 2.05) is 0 Å². The topological polar surface area (TPSA) is 108 Å². The molecule has 8 nitrogen and oxygen atoms in total. The molecule has 0 saturated carbocycles. The molecule has 8 heteroatoms. The van der Waals surface area contributed by atoms with Gasteiger partial charge in [0.05, 0.1) is 5.52 Å². The molecule has 0 fully saturated rings. The highest BCUT2D eigenvalue weighted by atomic mass is 16.5. The monoisotopic (exact) mass is 368 g/mol. The fraction of sp³-hybridized carbons (Fsp3) is 0.158. The van der Waals surface area contributed by atoms with Gasteiger partial charge >= 0.3 is 11.6 Å². The molecule has 0 unspecified atom stereocenters. The molecule has 0 radical (unpaired) electrons. The zero-order chi connectivity index (χ0) is 19.7. The number of carbonyl (C=O) groups is 2. The highest BCUT2D eigenvalue weighted by molar-refractivity contribution is 5.94. The highest BCUT2D eigenvalue weighted by Crippen LogP contribution is 2.33. The van der Waals surface area contributed by atoms with Gasteiger partial charge in [0.2, 0.25) is 5.91 Å². The molecule has 1 N–H and O–H groups in total. The van der Waals surface area contributed by atoms with Crippen LogP contribution in [0.2, 0.25) is 0 Å². The Morgan fingerprint density at radius 3 is 2.41 bits per heavy atom. The number of anilines is 1. The number of para-hydroxylation sites is 1. The van der Waals surface area contributed by atoms with E-state index < -0.39 is 23.1 Å². The van der Waals surface area contributed by atoms with Crippen molar-refractivity contribution in [2.75, 3.05) is 5.32 Å². The molecule has 0 atom stereocenters. The number of amides is 1. The van der Waals surface area contributed by atoms with Crippen molar-refractivity contribution in [2.24, 2.45) is 7.05 Å². The Kier molecular flexibility index (Phi) is 4.64. The molecular weight excluding hydrogens is 352 g/mol. The molecule has 2 aromatic heterocycles. The number of aromatic nitrogens is 1. The first-order chi connectivity index (χ1) is 12.8. The van der Waals surface area contributed by atoms with Gasteiger partial charge in [-0.25, -0.2) is 4.79 Å². The van der Waals surface area contributed by atoms with E-state index >= 15 is 0 Å². The SMILES string of the molecule is CC(=O)Nc1ccc(-c2c(OC(C)=O)c3ccccc3n(C)c2=O)oc1=O. The average Bonchev–Trinajstić information content (AvgIpc) is 2.61. The van der Waals surface area contributed by atoms with Gasteiger partial charge in [0.25, 0.3) is 5.56 Å². The molecule has 0 spiro atoms. The number of pyridine rings is 1. The van der Waals surface area contributed by atoms with Crippen molar-refractivity contribution in [3.63, 3.8) is 0 Å². The third-order valence-corrected chi connectivity index (χ3v) is 3.88. The van der Waals surface area contributed by atoms with Crippen LogP contribution in [0.1, 0.15) is 13.8 Å². The Bertz CT molecular complexity index is 1190. The van der Waals surface area contributed by atoms with Crippen molar-refractivity contribution in [1.29, 1.82) is 0 Å². The second-order valence-corrected chi connectivity index (χ2v) is 5.86. The molecule has 1 aromatic carbocycles. The molecule has 0 aliphatic carbocycles. The van der Waals surface area contributed by atoms with Crippen molar-refractivity contribution < 1.29 is 18.7 Å². The van der Waals surface area contributed by atoms with Crippen LogP contribution in [0.15, 0.2) is 50.4 Å². The summed E-state index contributed by atoms with van der Waals surface area (Å²) in [5, 5.41) is 2.85. The largest absolute Gasteiger partial charge is 0.425 e. The number of esters is 1. The van der Waals surface area contributed by atoms with Crippen molar-refractivity contribution in [2.45, 2.75) is 13.8 Å². The van der Waals surface area contributed by atoms with Crippen LogP contribution in [0.4, 0.5) is 5.69 Å². The standard InChI is InChI=1S/C19H16N2O6/c1-10(22)20-13-8-9-15(27-19(13)25)16-17(26-11(2)23)12-6-4-5-7-14(12)21(3)18(16)24/h4-9H,1-3H3,(H,20,22). The molecule has 1 amide bonds. The zero-order valence-corrected chi connectivity index (χ0v) is 14.9. The summed E-state index contributed by atoms with van der Waals surface area (Å²) in [6.45, 7) is 2.47. The van der Waals surface area contributed by atoms with Gasteiger partial charge < -0.3 is 19.0 Å². The lowest BCUT2D eigenvalue weighted by atomic mass is 10.1. The Labute approximate surface area is 153 Å². The van der Waals surface area contributed by atoms with Crippen LogP contribution in [-0.2, 0) is 16.6 Å². The summed E-state index contributed by atoms with van der Waals surface area (Å²) in [5.41, 5.74) is -0.887. The molecule has 0 aliphatic rings. The lowest BCUT2D eigenvalue weighted by Crippen LogP contribution is -2.22. The molecule has 27 heavy (non-hydrogen) atoms. The Morgan fingerprint density at radius 2 is 1.78 bits per heavy atom. The Balaban J connectivity index is 2.34. The van der Waals surface area contributed by atoms with E-state index in [0.717, 1.165) is 0 Å². The lowest BCUT2D eigenvalue weighted by Gasteiger charge is -2.14. The summed E-state index contributed by atoms with van der Waals surface area (Å²) in [7, 11) is 1.56.